The van der Waals surface area contributed by atoms with Crippen molar-refractivity contribution in [3.05, 3.63) is 126 Å². The molecule has 19 heteroatoms. The molecule has 0 spiro atoms. The Morgan fingerprint density at radius 1 is 0.576 bits per heavy atom. The number of ether oxygens (including phenoxy) is 9. The second-order valence-electron chi connectivity index (χ2n) is 21.2. The van der Waals surface area contributed by atoms with E-state index in [0.717, 1.165) is 73.6 Å². The topological polar surface area (TPSA) is 229 Å². The minimum atomic E-state index is -0.590. The lowest BCUT2D eigenvalue weighted by molar-refractivity contribution is -0.147. The molecule has 2 aliphatic carbocycles. The normalized spacial score (nSPS) is 16.6. The summed E-state index contributed by atoms with van der Waals surface area (Å²) < 4.78 is 57.3. The minimum Gasteiger partial charge on any atom is -0.494 e. The van der Waals surface area contributed by atoms with E-state index in [9.17, 15) is 33.6 Å². The second kappa shape index (κ2) is 31.5. The van der Waals surface area contributed by atoms with Crippen LogP contribution in [0.1, 0.15) is 141 Å². The number of esters is 7. The Labute approximate surface area is 498 Å². The average Bonchev–Trinajstić information content (AvgIpc) is 4.02. The molecule has 0 N–H and O–H groups in total. The number of furan rings is 1. The van der Waals surface area contributed by atoms with Crippen molar-refractivity contribution in [2.24, 2.45) is 11.8 Å². The van der Waals surface area contributed by atoms with Crippen molar-refractivity contribution in [1.29, 1.82) is 0 Å². The van der Waals surface area contributed by atoms with Gasteiger partial charge in [0.1, 0.15) is 52.9 Å². The zero-order valence-electron chi connectivity index (χ0n) is 48.2. The van der Waals surface area contributed by atoms with Gasteiger partial charge in [-0.3, -0.25) is 14.4 Å². The van der Waals surface area contributed by atoms with E-state index in [1.165, 1.54) is 11.3 Å². The van der Waals surface area contributed by atoms with Crippen LogP contribution in [0.5, 0.6) is 23.0 Å². The molecule has 2 heterocycles. The first-order valence-electron chi connectivity index (χ1n) is 29.2. The highest BCUT2D eigenvalue weighted by Crippen LogP contribution is 2.42. The summed E-state index contributed by atoms with van der Waals surface area (Å²) in [6, 6.07) is 22.8. The van der Waals surface area contributed by atoms with E-state index in [0.29, 0.717) is 134 Å². The minimum absolute atomic E-state index is 0.00235. The Bertz CT molecular complexity index is 3290. The van der Waals surface area contributed by atoms with Crippen molar-refractivity contribution in [2.45, 2.75) is 135 Å². The molecule has 8 rings (SSSR count). The van der Waals surface area contributed by atoms with Crippen LogP contribution in [0, 0.1) is 25.7 Å². The van der Waals surface area contributed by atoms with Crippen LogP contribution < -0.4 is 18.9 Å². The monoisotopic (exact) mass is 1180 g/mol. The van der Waals surface area contributed by atoms with Gasteiger partial charge in [0.2, 0.25) is 0 Å². The molecule has 6 aromatic rings. The van der Waals surface area contributed by atoms with Crippen LogP contribution >= 0.6 is 11.3 Å². The van der Waals surface area contributed by atoms with Gasteiger partial charge < -0.3 is 47.0 Å². The van der Waals surface area contributed by atoms with Crippen molar-refractivity contribution >= 4 is 74.3 Å². The standard InChI is InChI=1S/C66H73NO17S/c1-5-57(68)77-36-13-9-7-11-34-75-47-21-15-44(16-22-47)63(71)80-49-23-19-46(20-24-49)65(73)84-54-32-31-52(60-61(54)85-62(67-60)56-41-53-43(4)39-42(3)40-55(53)83-56)66(74)82-50-25-17-45(18-26-50)64(72)81-51-29-27-48(28-30-51)76-35-12-8-10-14-37-78-59(70)33-38-79-58(69)6-2/h5-6,15-16,21-22,27-32,39-41,45-46,49-50H,1-2,7-14,17-20,23-26,33-38H2,3-4H3. The number of benzene rings is 4. The number of aromatic nitrogens is 1. The molecule has 0 amide bonds. The van der Waals surface area contributed by atoms with Crippen LogP contribution in [-0.4, -0.2) is 92.0 Å². The summed E-state index contributed by atoms with van der Waals surface area (Å²) >= 11 is 1.25. The number of nitrogens with zero attached hydrogens (tertiary/aromatic N) is 1. The number of aryl methyl sites for hydroxylation is 2. The summed E-state index contributed by atoms with van der Waals surface area (Å²) in [5.41, 5.74) is 3.70. The summed E-state index contributed by atoms with van der Waals surface area (Å²) in [7, 11) is 0. The molecular weight excluding hydrogens is 1110 g/mol. The fraction of sp³-hybridized carbons (Fsp3) is 0.424. The SMILES string of the molecule is C=CC(=O)OCCCCCCOc1ccc(C(=O)OC2CCC(C(=O)Oc3ccc(C(=O)OC4CCC(C(=O)Oc5ccc(OCCCCCCOC(=O)CCOC(=O)C=C)cc5)CC4)c4nc(-c5cc6c(C)cc(C)cc6o5)sc34)CC2)cc1. The van der Waals surface area contributed by atoms with Gasteiger partial charge in [-0.15, -0.1) is 11.3 Å². The quantitative estimate of drug-likeness (QED) is 0.0134. The molecule has 2 aromatic heterocycles. The van der Waals surface area contributed by atoms with Gasteiger partial charge in [0.25, 0.3) is 0 Å². The van der Waals surface area contributed by atoms with Crippen molar-refractivity contribution in [3.63, 3.8) is 0 Å². The third-order valence-corrected chi connectivity index (χ3v) is 15.9. The van der Waals surface area contributed by atoms with E-state index < -0.39 is 47.8 Å². The van der Waals surface area contributed by atoms with E-state index in [1.807, 2.05) is 26.0 Å². The lowest BCUT2D eigenvalue weighted by Gasteiger charge is -2.27. The first-order chi connectivity index (χ1) is 41.2. The number of rotatable bonds is 30. The molecular formula is C66H73NO17S. The molecule has 0 saturated heterocycles. The van der Waals surface area contributed by atoms with E-state index >= 15 is 0 Å². The van der Waals surface area contributed by atoms with E-state index in [1.54, 1.807) is 60.7 Å². The van der Waals surface area contributed by atoms with Crippen LogP contribution in [0.3, 0.4) is 0 Å². The summed E-state index contributed by atoms with van der Waals surface area (Å²) in [4.78, 5) is 93.3. The van der Waals surface area contributed by atoms with Crippen molar-refractivity contribution in [3.8, 4) is 33.8 Å². The third kappa shape index (κ3) is 18.6. The average molecular weight is 1180 g/mol. The fourth-order valence-corrected chi connectivity index (χ4v) is 11.1. The predicted octanol–water partition coefficient (Wildman–Crippen LogP) is 13.2. The Morgan fingerprint density at radius 3 is 1.71 bits per heavy atom. The molecule has 85 heavy (non-hydrogen) atoms. The largest absolute Gasteiger partial charge is 0.494 e. The third-order valence-electron chi connectivity index (χ3n) is 14.8. The molecule has 0 bridgehead atoms. The van der Waals surface area contributed by atoms with Gasteiger partial charge in [0.05, 0.1) is 60.5 Å². The second-order valence-corrected chi connectivity index (χ2v) is 22.2. The van der Waals surface area contributed by atoms with Crippen molar-refractivity contribution in [2.75, 3.05) is 33.0 Å². The van der Waals surface area contributed by atoms with Gasteiger partial charge in [-0.05, 0) is 201 Å². The lowest BCUT2D eigenvalue weighted by atomic mass is 9.87. The number of fused-ring (bicyclic) bond motifs is 2. The highest BCUT2D eigenvalue weighted by molar-refractivity contribution is 7.22. The van der Waals surface area contributed by atoms with Gasteiger partial charge in [-0.25, -0.2) is 24.2 Å². The summed E-state index contributed by atoms with van der Waals surface area (Å²) in [6.45, 7) is 12.3. The van der Waals surface area contributed by atoms with Crippen LogP contribution in [0.25, 0.3) is 32.0 Å². The number of carbonyl (C=O) groups is 7. The molecule has 2 fully saturated rings. The smallest absolute Gasteiger partial charge is 0.340 e. The first kappa shape index (κ1) is 62.7. The van der Waals surface area contributed by atoms with E-state index in [2.05, 4.69) is 19.2 Å². The van der Waals surface area contributed by atoms with Gasteiger partial charge in [0, 0.05) is 17.5 Å². The highest BCUT2D eigenvalue weighted by Gasteiger charge is 2.33. The van der Waals surface area contributed by atoms with Crippen molar-refractivity contribution < 1.29 is 80.6 Å². The number of carbonyl (C=O) groups excluding carboxylic acids is 7. The first-order valence-corrected chi connectivity index (χ1v) is 30.0. The molecule has 18 nitrogen and oxygen atoms in total. The van der Waals surface area contributed by atoms with Crippen LogP contribution in [-0.2, 0) is 47.7 Å². The van der Waals surface area contributed by atoms with Crippen LogP contribution in [0.2, 0.25) is 0 Å². The highest BCUT2D eigenvalue weighted by atomic mass is 32.1. The Hall–Kier alpha value is -8.32. The number of unbranched alkanes of at least 4 members (excludes halogenated alkanes) is 6. The number of thiazole rings is 1. The van der Waals surface area contributed by atoms with E-state index in [-0.39, 0.29) is 42.3 Å². The Kier molecular flexibility index (Phi) is 23.3. The number of hydrogen-bond acceptors (Lipinski definition) is 19. The zero-order valence-corrected chi connectivity index (χ0v) is 49.1. The van der Waals surface area contributed by atoms with Crippen LogP contribution in [0.4, 0.5) is 0 Å². The fourth-order valence-electron chi connectivity index (χ4n) is 10.2. The molecule has 0 unspecified atom stereocenters. The maximum absolute atomic E-state index is 14.1. The lowest BCUT2D eigenvalue weighted by Crippen LogP contribution is -2.30. The Morgan fingerprint density at radius 2 is 1.11 bits per heavy atom. The van der Waals surface area contributed by atoms with E-state index in [4.69, 9.17) is 52.0 Å². The van der Waals surface area contributed by atoms with Crippen LogP contribution in [0.15, 0.2) is 109 Å². The molecule has 0 atom stereocenters. The maximum Gasteiger partial charge on any atom is 0.340 e. The number of hydrogen-bond donors (Lipinski definition) is 0. The van der Waals surface area contributed by atoms with Crippen molar-refractivity contribution in [1.82, 2.24) is 4.98 Å². The van der Waals surface area contributed by atoms with Gasteiger partial charge >= 0.3 is 41.8 Å². The molecule has 0 aliphatic heterocycles. The summed E-state index contributed by atoms with van der Waals surface area (Å²) in [5.74, 6) is -1.66. The molecule has 4 aromatic carbocycles. The van der Waals surface area contributed by atoms with Gasteiger partial charge in [0.15, 0.2) is 10.8 Å². The molecule has 0 radical (unpaired) electrons. The molecule has 2 saturated carbocycles. The van der Waals surface area contributed by atoms with Gasteiger partial charge in [-0.1, -0.05) is 19.2 Å². The predicted molar refractivity (Wildman–Crippen MR) is 317 cm³/mol. The summed E-state index contributed by atoms with van der Waals surface area (Å²) in [6.07, 6.45) is 11.7. The Balaban J connectivity index is 0.791. The molecule has 450 valence electrons. The maximum atomic E-state index is 14.1. The van der Waals surface area contributed by atoms with Gasteiger partial charge in [-0.2, -0.15) is 0 Å². The summed E-state index contributed by atoms with van der Waals surface area (Å²) in [5, 5.41) is 1.42. The molecule has 2 aliphatic rings. The zero-order chi connectivity index (χ0) is 60.1.